The Bertz CT molecular complexity index is 554. The minimum Gasteiger partial charge on any atom is -0.497 e. The van der Waals surface area contributed by atoms with Crippen molar-refractivity contribution in [3.05, 3.63) is 65.5 Å². The van der Waals surface area contributed by atoms with Crippen LogP contribution in [0, 0.1) is 5.82 Å². The maximum Gasteiger partial charge on any atom is 0.123 e. The number of hydrogen-bond donors (Lipinski definition) is 1. The van der Waals surface area contributed by atoms with Crippen molar-refractivity contribution >= 4 is 0 Å². The second kappa shape index (κ2) is 7.20. The summed E-state index contributed by atoms with van der Waals surface area (Å²) >= 11 is 0. The quantitative estimate of drug-likeness (QED) is 0.888. The third kappa shape index (κ3) is 4.55. The van der Waals surface area contributed by atoms with Crippen molar-refractivity contribution in [1.29, 1.82) is 0 Å². The van der Waals surface area contributed by atoms with Gasteiger partial charge >= 0.3 is 0 Å². The number of methoxy groups -OCH3 is 1. The molecule has 0 fully saturated rings. The SMILES string of the molecule is COc1ccc(C(N)CN(C)Cc2ccc(F)cc2)cc1. The van der Waals surface area contributed by atoms with Gasteiger partial charge in [0.05, 0.1) is 7.11 Å². The molecule has 2 rings (SSSR count). The molecular formula is C17H21FN2O. The number of halogens is 1. The summed E-state index contributed by atoms with van der Waals surface area (Å²) in [6.45, 7) is 1.47. The van der Waals surface area contributed by atoms with E-state index in [0.29, 0.717) is 0 Å². The van der Waals surface area contributed by atoms with Crippen molar-refractivity contribution in [2.24, 2.45) is 5.73 Å². The van der Waals surface area contributed by atoms with Crippen molar-refractivity contribution in [1.82, 2.24) is 4.90 Å². The number of ether oxygens (including phenoxy) is 1. The Morgan fingerprint density at radius 2 is 1.71 bits per heavy atom. The molecule has 0 amide bonds. The van der Waals surface area contributed by atoms with Crippen molar-refractivity contribution < 1.29 is 9.13 Å². The standard InChI is InChI=1S/C17H21FN2O/c1-20(11-13-3-7-15(18)8-4-13)12-17(19)14-5-9-16(21-2)10-6-14/h3-10,17H,11-12,19H2,1-2H3. The largest absolute Gasteiger partial charge is 0.497 e. The average Bonchev–Trinajstić information content (AvgIpc) is 2.49. The lowest BCUT2D eigenvalue weighted by molar-refractivity contribution is 0.305. The van der Waals surface area contributed by atoms with Crippen LogP contribution in [-0.4, -0.2) is 25.6 Å². The average molecular weight is 288 g/mol. The van der Waals surface area contributed by atoms with Gasteiger partial charge in [-0.1, -0.05) is 24.3 Å². The van der Waals surface area contributed by atoms with E-state index in [9.17, 15) is 4.39 Å². The Kier molecular flexibility index (Phi) is 5.31. The van der Waals surface area contributed by atoms with E-state index in [1.807, 2.05) is 31.3 Å². The van der Waals surface area contributed by atoms with E-state index >= 15 is 0 Å². The van der Waals surface area contributed by atoms with Crippen molar-refractivity contribution in [3.63, 3.8) is 0 Å². The normalized spacial score (nSPS) is 12.4. The third-order valence-electron chi connectivity index (χ3n) is 3.42. The molecule has 2 aromatic carbocycles. The number of hydrogen-bond acceptors (Lipinski definition) is 3. The summed E-state index contributed by atoms with van der Waals surface area (Å²) in [5.74, 6) is 0.613. The highest BCUT2D eigenvalue weighted by Crippen LogP contribution is 2.17. The first-order chi connectivity index (χ1) is 10.1. The molecule has 0 aliphatic rings. The fraction of sp³-hybridized carbons (Fsp3) is 0.294. The van der Waals surface area contributed by atoms with Crippen molar-refractivity contribution in [2.75, 3.05) is 20.7 Å². The van der Waals surface area contributed by atoms with E-state index in [1.54, 1.807) is 19.2 Å². The molecule has 0 spiro atoms. The fourth-order valence-electron chi connectivity index (χ4n) is 2.26. The molecule has 0 aliphatic carbocycles. The zero-order valence-corrected chi connectivity index (χ0v) is 12.4. The van der Waals surface area contributed by atoms with Crippen LogP contribution in [0.15, 0.2) is 48.5 Å². The van der Waals surface area contributed by atoms with Crippen LogP contribution < -0.4 is 10.5 Å². The monoisotopic (exact) mass is 288 g/mol. The Morgan fingerprint density at radius 1 is 1.10 bits per heavy atom. The van der Waals surface area contributed by atoms with Crippen LogP contribution in [-0.2, 0) is 6.54 Å². The second-order valence-corrected chi connectivity index (χ2v) is 5.20. The van der Waals surface area contributed by atoms with E-state index in [2.05, 4.69) is 4.90 Å². The lowest BCUT2D eigenvalue weighted by Crippen LogP contribution is -2.28. The molecule has 1 atom stereocenters. The van der Waals surface area contributed by atoms with Gasteiger partial charge < -0.3 is 15.4 Å². The van der Waals surface area contributed by atoms with Gasteiger partial charge in [-0.15, -0.1) is 0 Å². The third-order valence-corrected chi connectivity index (χ3v) is 3.42. The van der Waals surface area contributed by atoms with Gasteiger partial charge in [0.15, 0.2) is 0 Å². The molecule has 4 heteroatoms. The Hall–Kier alpha value is -1.91. The van der Waals surface area contributed by atoms with Gasteiger partial charge in [0.1, 0.15) is 11.6 Å². The minimum absolute atomic E-state index is 0.0682. The molecule has 0 aromatic heterocycles. The van der Waals surface area contributed by atoms with Gasteiger partial charge in [-0.3, -0.25) is 0 Å². The molecule has 112 valence electrons. The van der Waals surface area contributed by atoms with Crippen LogP contribution >= 0.6 is 0 Å². The number of benzene rings is 2. The van der Waals surface area contributed by atoms with E-state index in [4.69, 9.17) is 10.5 Å². The number of nitrogens with two attached hydrogens (primary N) is 1. The van der Waals surface area contributed by atoms with E-state index in [-0.39, 0.29) is 11.9 Å². The van der Waals surface area contributed by atoms with Crippen LogP contribution in [0.2, 0.25) is 0 Å². The van der Waals surface area contributed by atoms with Crippen LogP contribution in [0.5, 0.6) is 5.75 Å². The summed E-state index contributed by atoms with van der Waals surface area (Å²) in [7, 11) is 3.65. The number of likely N-dealkylation sites (N-methyl/N-ethyl adjacent to an activating group) is 1. The van der Waals surface area contributed by atoms with Crippen LogP contribution in [0.1, 0.15) is 17.2 Å². The molecule has 21 heavy (non-hydrogen) atoms. The number of rotatable bonds is 6. The summed E-state index contributed by atoms with van der Waals surface area (Å²) in [5.41, 5.74) is 8.36. The molecule has 2 N–H and O–H groups in total. The highest BCUT2D eigenvalue weighted by Gasteiger charge is 2.10. The second-order valence-electron chi connectivity index (χ2n) is 5.20. The predicted octanol–water partition coefficient (Wildman–Crippen LogP) is 2.97. The molecule has 0 aliphatic heterocycles. The molecular weight excluding hydrogens is 267 g/mol. The molecule has 0 radical (unpaired) electrons. The highest BCUT2D eigenvalue weighted by molar-refractivity contribution is 5.29. The van der Waals surface area contributed by atoms with Gasteiger partial charge in [0.25, 0.3) is 0 Å². The van der Waals surface area contributed by atoms with Gasteiger partial charge in [0, 0.05) is 19.1 Å². The lowest BCUT2D eigenvalue weighted by Gasteiger charge is -2.21. The van der Waals surface area contributed by atoms with Gasteiger partial charge in [-0.2, -0.15) is 0 Å². The zero-order chi connectivity index (χ0) is 15.2. The lowest BCUT2D eigenvalue weighted by atomic mass is 10.1. The van der Waals surface area contributed by atoms with Crippen molar-refractivity contribution in [3.8, 4) is 5.75 Å². The summed E-state index contributed by atoms with van der Waals surface area (Å²) < 4.78 is 18.0. The summed E-state index contributed by atoms with van der Waals surface area (Å²) in [6, 6.07) is 14.3. The zero-order valence-electron chi connectivity index (χ0n) is 12.4. The first-order valence-corrected chi connectivity index (χ1v) is 6.91. The van der Waals surface area contributed by atoms with E-state index in [1.165, 1.54) is 12.1 Å². The predicted molar refractivity (Wildman–Crippen MR) is 82.7 cm³/mol. The molecule has 0 bridgehead atoms. The Labute approximate surface area is 125 Å². The molecule has 0 heterocycles. The van der Waals surface area contributed by atoms with Gasteiger partial charge in [-0.05, 0) is 42.4 Å². The topological polar surface area (TPSA) is 38.5 Å². The van der Waals surface area contributed by atoms with E-state index in [0.717, 1.165) is 30.0 Å². The van der Waals surface area contributed by atoms with Gasteiger partial charge in [-0.25, -0.2) is 4.39 Å². The van der Waals surface area contributed by atoms with E-state index < -0.39 is 0 Å². The van der Waals surface area contributed by atoms with Crippen LogP contribution in [0.3, 0.4) is 0 Å². The first-order valence-electron chi connectivity index (χ1n) is 6.91. The van der Waals surface area contributed by atoms with Crippen molar-refractivity contribution in [2.45, 2.75) is 12.6 Å². The first kappa shape index (κ1) is 15.5. The van der Waals surface area contributed by atoms with Crippen LogP contribution in [0.25, 0.3) is 0 Å². The highest BCUT2D eigenvalue weighted by atomic mass is 19.1. The maximum absolute atomic E-state index is 12.9. The number of nitrogens with zero attached hydrogens (tertiary/aromatic N) is 1. The molecule has 0 saturated carbocycles. The summed E-state index contributed by atoms with van der Waals surface area (Å²) in [5, 5.41) is 0. The minimum atomic E-state index is -0.212. The molecule has 2 aromatic rings. The maximum atomic E-state index is 12.9. The smallest absolute Gasteiger partial charge is 0.123 e. The molecule has 1 unspecified atom stereocenters. The Balaban J connectivity index is 1.91. The summed E-state index contributed by atoms with van der Waals surface area (Å²) in [6.07, 6.45) is 0. The molecule has 0 saturated heterocycles. The van der Waals surface area contributed by atoms with Crippen LogP contribution in [0.4, 0.5) is 4.39 Å². The molecule has 3 nitrogen and oxygen atoms in total. The Morgan fingerprint density at radius 3 is 2.29 bits per heavy atom. The fourth-order valence-corrected chi connectivity index (χ4v) is 2.26. The van der Waals surface area contributed by atoms with Gasteiger partial charge in [0.2, 0.25) is 0 Å². The summed E-state index contributed by atoms with van der Waals surface area (Å²) in [4.78, 5) is 2.13.